The molecule has 0 spiro atoms. The van der Waals surface area contributed by atoms with E-state index in [1.165, 1.54) is 4.31 Å². The van der Waals surface area contributed by atoms with Gasteiger partial charge in [0.2, 0.25) is 15.9 Å². The lowest BCUT2D eigenvalue weighted by Gasteiger charge is -2.33. The Morgan fingerprint density at radius 1 is 1.04 bits per heavy atom. The van der Waals surface area contributed by atoms with E-state index in [0.717, 1.165) is 5.56 Å². The summed E-state index contributed by atoms with van der Waals surface area (Å²) in [4.78, 5) is 15.1. The van der Waals surface area contributed by atoms with Crippen molar-refractivity contribution in [3.8, 4) is 0 Å². The van der Waals surface area contributed by atoms with Crippen LogP contribution in [0, 0.1) is 5.92 Å². The molecule has 1 heterocycles. The summed E-state index contributed by atoms with van der Waals surface area (Å²) < 4.78 is 27.0. The van der Waals surface area contributed by atoms with Gasteiger partial charge in [-0.1, -0.05) is 54.6 Å². The highest BCUT2D eigenvalue weighted by Gasteiger charge is 2.33. The normalized spacial score (nSPS) is 15.9. The van der Waals surface area contributed by atoms with Crippen LogP contribution in [0.3, 0.4) is 0 Å². The smallest absolute Gasteiger partial charge is 0.243 e. The van der Waals surface area contributed by atoms with E-state index in [2.05, 4.69) is 6.58 Å². The number of piperidine rings is 1. The molecule has 5 nitrogen and oxygen atoms in total. The summed E-state index contributed by atoms with van der Waals surface area (Å²) in [5.41, 5.74) is 1.07. The molecule has 0 N–H and O–H groups in total. The summed E-state index contributed by atoms with van der Waals surface area (Å²) in [5, 5.41) is 0. The van der Waals surface area contributed by atoms with E-state index >= 15 is 0 Å². The van der Waals surface area contributed by atoms with Crippen LogP contribution in [0.1, 0.15) is 18.4 Å². The van der Waals surface area contributed by atoms with Crippen molar-refractivity contribution in [2.45, 2.75) is 24.3 Å². The van der Waals surface area contributed by atoms with Crippen LogP contribution < -0.4 is 0 Å². The van der Waals surface area contributed by atoms with Gasteiger partial charge in [0.15, 0.2) is 0 Å². The van der Waals surface area contributed by atoms with E-state index in [4.69, 9.17) is 0 Å². The van der Waals surface area contributed by atoms with Gasteiger partial charge in [-0.05, 0) is 30.5 Å². The van der Waals surface area contributed by atoms with Gasteiger partial charge in [0.05, 0.1) is 4.90 Å². The molecule has 28 heavy (non-hydrogen) atoms. The molecule has 1 aliphatic heterocycles. The maximum absolute atomic E-state index is 13.0. The van der Waals surface area contributed by atoms with E-state index in [-0.39, 0.29) is 11.8 Å². The van der Waals surface area contributed by atoms with Crippen LogP contribution in [0.2, 0.25) is 0 Å². The second-order valence-corrected chi connectivity index (χ2v) is 8.92. The zero-order valence-corrected chi connectivity index (χ0v) is 16.7. The molecule has 2 aromatic rings. The van der Waals surface area contributed by atoms with Gasteiger partial charge in [-0.2, -0.15) is 4.31 Å². The molecule has 1 fully saturated rings. The molecular weight excluding hydrogens is 372 g/mol. The number of sulfonamides is 1. The van der Waals surface area contributed by atoms with Crippen molar-refractivity contribution in [1.29, 1.82) is 0 Å². The summed E-state index contributed by atoms with van der Waals surface area (Å²) in [7, 11) is -3.50. The van der Waals surface area contributed by atoms with Crippen molar-refractivity contribution in [2.75, 3.05) is 19.6 Å². The average Bonchev–Trinajstić information content (AvgIpc) is 2.74. The van der Waals surface area contributed by atoms with Gasteiger partial charge >= 0.3 is 0 Å². The molecule has 1 amide bonds. The van der Waals surface area contributed by atoms with E-state index < -0.39 is 10.0 Å². The Bertz CT molecular complexity index is 890. The van der Waals surface area contributed by atoms with Crippen LogP contribution in [0.5, 0.6) is 0 Å². The number of hydrogen-bond acceptors (Lipinski definition) is 3. The third-order valence-corrected chi connectivity index (χ3v) is 6.97. The van der Waals surface area contributed by atoms with Crippen molar-refractivity contribution in [2.24, 2.45) is 5.92 Å². The molecule has 0 radical (unpaired) electrons. The fourth-order valence-electron chi connectivity index (χ4n) is 3.53. The Labute approximate surface area is 167 Å². The number of hydrogen-bond donors (Lipinski definition) is 0. The van der Waals surface area contributed by atoms with Crippen LogP contribution in [0.4, 0.5) is 0 Å². The molecule has 148 valence electrons. The molecule has 1 saturated heterocycles. The third-order valence-electron chi connectivity index (χ3n) is 5.06. The first-order valence-corrected chi connectivity index (χ1v) is 10.9. The summed E-state index contributed by atoms with van der Waals surface area (Å²) >= 11 is 0. The first-order chi connectivity index (χ1) is 13.5. The maximum atomic E-state index is 13.0. The number of carbonyl (C=O) groups is 1. The lowest BCUT2D eigenvalue weighted by molar-refractivity contribution is -0.136. The second-order valence-electron chi connectivity index (χ2n) is 6.98. The number of rotatable bonds is 7. The van der Waals surface area contributed by atoms with Crippen molar-refractivity contribution in [1.82, 2.24) is 9.21 Å². The van der Waals surface area contributed by atoms with E-state index in [0.29, 0.717) is 43.9 Å². The van der Waals surface area contributed by atoms with Crippen LogP contribution >= 0.6 is 0 Å². The lowest BCUT2D eigenvalue weighted by Crippen LogP contribution is -2.44. The number of benzene rings is 2. The summed E-state index contributed by atoms with van der Waals surface area (Å²) in [6, 6.07) is 18.3. The van der Waals surface area contributed by atoms with Gasteiger partial charge in [0.25, 0.3) is 0 Å². The molecule has 6 heteroatoms. The van der Waals surface area contributed by atoms with Gasteiger partial charge in [-0.15, -0.1) is 6.58 Å². The molecule has 0 aromatic heterocycles. The topological polar surface area (TPSA) is 57.7 Å². The first kappa shape index (κ1) is 20.3. The Morgan fingerprint density at radius 3 is 2.18 bits per heavy atom. The fourth-order valence-corrected chi connectivity index (χ4v) is 5.03. The van der Waals surface area contributed by atoms with E-state index in [9.17, 15) is 13.2 Å². The molecule has 0 bridgehead atoms. The van der Waals surface area contributed by atoms with Crippen molar-refractivity contribution < 1.29 is 13.2 Å². The minimum atomic E-state index is -3.50. The second kappa shape index (κ2) is 9.17. The van der Waals surface area contributed by atoms with Crippen LogP contribution in [-0.4, -0.2) is 43.2 Å². The summed E-state index contributed by atoms with van der Waals surface area (Å²) in [5.74, 6) is -0.0913. The molecule has 0 saturated carbocycles. The Morgan fingerprint density at radius 2 is 1.61 bits per heavy atom. The molecule has 2 aromatic carbocycles. The van der Waals surface area contributed by atoms with Gasteiger partial charge in [0, 0.05) is 32.1 Å². The monoisotopic (exact) mass is 398 g/mol. The molecule has 1 aliphatic rings. The first-order valence-electron chi connectivity index (χ1n) is 9.51. The number of carbonyl (C=O) groups excluding carboxylic acids is 1. The highest BCUT2D eigenvalue weighted by atomic mass is 32.2. The van der Waals surface area contributed by atoms with Crippen LogP contribution in [-0.2, 0) is 21.4 Å². The van der Waals surface area contributed by atoms with Crippen LogP contribution in [0.15, 0.2) is 78.2 Å². The van der Waals surface area contributed by atoms with Crippen molar-refractivity contribution >= 4 is 15.9 Å². The Kier molecular flexibility index (Phi) is 6.65. The molecular formula is C22H26N2O3S. The highest BCUT2D eigenvalue weighted by Crippen LogP contribution is 2.25. The van der Waals surface area contributed by atoms with Gasteiger partial charge in [0.1, 0.15) is 0 Å². The van der Waals surface area contributed by atoms with Gasteiger partial charge < -0.3 is 4.90 Å². The molecule has 0 aliphatic carbocycles. The van der Waals surface area contributed by atoms with E-state index in [1.807, 2.05) is 30.3 Å². The predicted molar refractivity (Wildman–Crippen MR) is 110 cm³/mol. The maximum Gasteiger partial charge on any atom is 0.243 e. The molecule has 3 rings (SSSR count). The Balaban J connectivity index is 1.64. The van der Waals surface area contributed by atoms with Gasteiger partial charge in [-0.3, -0.25) is 4.79 Å². The quantitative estimate of drug-likeness (QED) is 0.673. The summed E-state index contributed by atoms with van der Waals surface area (Å²) in [6.07, 6.45) is 2.80. The fraction of sp³-hybridized carbons (Fsp3) is 0.318. The zero-order valence-electron chi connectivity index (χ0n) is 15.9. The molecule has 0 unspecified atom stereocenters. The van der Waals surface area contributed by atoms with Crippen LogP contribution in [0.25, 0.3) is 0 Å². The van der Waals surface area contributed by atoms with Crippen molar-refractivity contribution in [3.05, 3.63) is 78.9 Å². The average molecular weight is 399 g/mol. The standard InChI is InChI=1S/C22H26N2O3S/c1-2-15-23(18-19-9-5-3-6-10-19)22(25)20-13-16-24(17-14-20)28(26,27)21-11-7-4-8-12-21/h2-12,20H,1,13-18H2. The lowest BCUT2D eigenvalue weighted by atomic mass is 9.96. The SMILES string of the molecule is C=CCN(Cc1ccccc1)C(=O)C1CCN(S(=O)(=O)c2ccccc2)CC1. The molecule has 0 atom stereocenters. The largest absolute Gasteiger partial charge is 0.334 e. The van der Waals surface area contributed by atoms with Gasteiger partial charge in [-0.25, -0.2) is 8.42 Å². The number of nitrogens with zero attached hydrogens (tertiary/aromatic N) is 2. The minimum Gasteiger partial charge on any atom is -0.334 e. The zero-order chi connectivity index (χ0) is 20.0. The van der Waals surface area contributed by atoms with E-state index in [1.54, 1.807) is 41.3 Å². The van der Waals surface area contributed by atoms with Crippen molar-refractivity contribution in [3.63, 3.8) is 0 Å². The third kappa shape index (κ3) is 4.69. The summed E-state index contributed by atoms with van der Waals surface area (Å²) in [6.45, 7) is 5.51. The highest BCUT2D eigenvalue weighted by molar-refractivity contribution is 7.89. The Hall–Kier alpha value is -2.44. The minimum absolute atomic E-state index is 0.0699. The predicted octanol–water partition coefficient (Wildman–Crippen LogP) is 3.30. The number of amides is 1.